The molecule has 0 aliphatic carbocycles. The van der Waals surface area contributed by atoms with Crippen LogP contribution in [0.15, 0.2) is 12.1 Å². The highest BCUT2D eigenvalue weighted by Crippen LogP contribution is 2.35. The third-order valence-electron chi connectivity index (χ3n) is 3.27. The highest BCUT2D eigenvalue weighted by Gasteiger charge is 2.39. The second-order valence-electron chi connectivity index (χ2n) is 5.73. The Morgan fingerprint density at radius 2 is 1.67 bits per heavy atom. The smallest absolute Gasteiger partial charge is 0.338 e. The molecule has 0 spiro atoms. The number of imide groups is 1. The number of rotatable bonds is 2. The van der Waals surface area contributed by atoms with Gasteiger partial charge in [-0.3, -0.25) is 9.59 Å². The fourth-order valence-electron chi connectivity index (χ4n) is 2.32. The summed E-state index contributed by atoms with van der Waals surface area (Å²) >= 11 is 0. The Morgan fingerprint density at radius 3 is 2.14 bits per heavy atom. The Morgan fingerprint density at radius 1 is 1.14 bits per heavy atom. The van der Waals surface area contributed by atoms with Crippen LogP contribution in [0.5, 0.6) is 0 Å². The summed E-state index contributed by atoms with van der Waals surface area (Å²) in [5, 5.41) is 8.84. The van der Waals surface area contributed by atoms with E-state index in [2.05, 4.69) is 0 Å². The van der Waals surface area contributed by atoms with Crippen molar-refractivity contribution >= 4 is 23.5 Å². The third kappa shape index (κ3) is 2.76. The van der Waals surface area contributed by atoms with Crippen LogP contribution < -0.4 is 4.90 Å². The van der Waals surface area contributed by atoms with Crippen molar-refractivity contribution in [2.45, 2.75) is 26.7 Å². The summed E-state index contributed by atoms with van der Waals surface area (Å²) in [6.07, 6.45) is 0.0237. The van der Waals surface area contributed by atoms with Gasteiger partial charge in [-0.05, 0) is 11.5 Å². The number of hydrogen-bond donors (Lipinski definition) is 1. The van der Waals surface area contributed by atoms with E-state index in [1.54, 1.807) is 13.8 Å². The van der Waals surface area contributed by atoms with E-state index in [0.717, 1.165) is 0 Å². The average molecular weight is 297 g/mol. The molecule has 0 unspecified atom stereocenters. The van der Waals surface area contributed by atoms with Gasteiger partial charge in [0.05, 0.1) is 11.3 Å². The number of anilines is 1. The standard InChI is InChI=1S/C14H13F2NO4/c1-14(2)5-11(18)17(12(19)6-14)10-3-7(13(20)21)8(15)4-9(10)16/h3-4H,5-6H2,1-2H3,(H,20,21). The molecule has 1 heterocycles. The maximum Gasteiger partial charge on any atom is 0.338 e. The minimum absolute atomic E-state index is 0.0119. The minimum Gasteiger partial charge on any atom is -0.478 e. The number of carbonyl (C=O) groups is 3. The molecule has 1 aliphatic rings. The summed E-state index contributed by atoms with van der Waals surface area (Å²) in [5.74, 6) is -5.30. The zero-order valence-electron chi connectivity index (χ0n) is 11.4. The van der Waals surface area contributed by atoms with Crippen LogP contribution >= 0.6 is 0 Å². The number of aromatic carboxylic acids is 1. The second kappa shape index (κ2) is 4.91. The van der Waals surface area contributed by atoms with Crippen LogP contribution in [0.2, 0.25) is 0 Å². The second-order valence-corrected chi connectivity index (χ2v) is 5.73. The van der Waals surface area contributed by atoms with Crippen LogP contribution in [-0.4, -0.2) is 22.9 Å². The van der Waals surface area contributed by atoms with Crippen LogP contribution in [0.1, 0.15) is 37.0 Å². The van der Waals surface area contributed by atoms with Crippen molar-refractivity contribution in [3.8, 4) is 0 Å². The molecule has 2 amide bonds. The number of benzene rings is 1. The maximum absolute atomic E-state index is 13.8. The molecule has 1 aromatic carbocycles. The van der Waals surface area contributed by atoms with Gasteiger partial charge < -0.3 is 5.11 Å². The van der Waals surface area contributed by atoms with Gasteiger partial charge in [0.25, 0.3) is 0 Å². The van der Waals surface area contributed by atoms with Gasteiger partial charge >= 0.3 is 5.97 Å². The predicted octanol–water partition coefficient (Wildman–Crippen LogP) is 2.34. The van der Waals surface area contributed by atoms with Crippen LogP contribution in [0, 0.1) is 17.0 Å². The highest BCUT2D eigenvalue weighted by atomic mass is 19.1. The van der Waals surface area contributed by atoms with Crippen molar-refractivity contribution in [2.24, 2.45) is 5.41 Å². The van der Waals surface area contributed by atoms with E-state index in [1.807, 2.05) is 0 Å². The fourth-order valence-corrected chi connectivity index (χ4v) is 2.32. The van der Waals surface area contributed by atoms with Gasteiger partial charge in [-0.25, -0.2) is 18.5 Å². The fraction of sp³-hybridized carbons (Fsp3) is 0.357. The van der Waals surface area contributed by atoms with E-state index in [-0.39, 0.29) is 12.8 Å². The van der Waals surface area contributed by atoms with Crippen molar-refractivity contribution < 1.29 is 28.3 Å². The van der Waals surface area contributed by atoms with E-state index >= 15 is 0 Å². The molecule has 1 saturated heterocycles. The molecule has 0 aromatic heterocycles. The Labute approximate surface area is 119 Å². The van der Waals surface area contributed by atoms with Gasteiger partial charge in [0.2, 0.25) is 11.8 Å². The van der Waals surface area contributed by atoms with Crippen LogP contribution in [0.3, 0.4) is 0 Å². The van der Waals surface area contributed by atoms with Gasteiger partial charge in [0.15, 0.2) is 0 Å². The molecule has 1 N–H and O–H groups in total. The summed E-state index contributed by atoms with van der Waals surface area (Å²) in [6, 6.07) is 1.03. The number of hydrogen-bond acceptors (Lipinski definition) is 3. The first-order valence-corrected chi connectivity index (χ1v) is 6.20. The van der Waals surface area contributed by atoms with E-state index in [1.165, 1.54) is 0 Å². The summed E-state index contributed by atoms with van der Waals surface area (Å²) in [4.78, 5) is 35.5. The van der Waals surface area contributed by atoms with E-state index in [9.17, 15) is 23.2 Å². The predicted molar refractivity (Wildman–Crippen MR) is 68.8 cm³/mol. The number of piperidine rings is 1. The first-order valence-electron chi connectivity index (χ1n) is 6.20. The quantitative estimate of drug-likeness (QED) is 0.850. The Bertz CT molecular complexity index is 635. The SMILES string of the molecule is CC1(C)CC(=O)N(c2cc(C(=O)O)c(F)cc2F)C(=O)C1. The monoisotopic (exact) mass is 297 g/mol. The van der Waals surface area contributed by atoms with Gasteiger partial charge in [-0.15, -0.1) is 0 Å². The molecule has 21 heavy (non-hydrogen) atoms. The largest absolute Gasteiger partial charge is 0.478 e. The number of nitrogens with zero attached hydrogens (tertiary/aromatic N) is 1. The lowest BCUT2D eigenvalue weighted by molar-refractivity contribution is -0.132. The van der Waals surface area contributed by atoms with Crippen molar-refractivity contribution in [1.82, 2.24) is 0 Å². The van der Waals surface area contributed by atoms with E-state index in [4.69, 9.17) is 5.11 Å². The molecule has 1 aromatic rings. The molecule has 7 heteroatoms. The molecule has 112 valence electrons. The lowest BCUT2D eigenvalue weighted by Crippen LogP contribution is -2.46. The summed E-state index contributed by atoms with van der Waals surface area (Å²) in [5.41, 5.74) is -1.87. The normalized spacial score (nSPS) is 18.0. The van der Waals surface area contributed by atoms with Gasteiger partial charge in [0, 0.05) is 18.9 Å². The van der Waals surface area contributed by atoms with Gasteiger partial charge in [-0.2, -0.15) is 0 Å². The minimum atomic E-state index is -1.61. The average Bonchev–Trinajstić information content (AvgIpc) is 2.28. The Hall–Kier alpha value is -2.31. The number of halogens is 2. The highest BCUT2D eigenvalue weighted by molar-refractivity contribution is 6.17. The lowest BCUT2D eigenvalue weighted by Gasteiger charge is -2.34. The maximum atomic E-state index is 13.8. The van der Waals surface area contributed by atoms with Crippen molar-refractivity contribution in [3.63, 3.8) is 0 Å². The first-order chi connectivity index (χ1) is 9.62. The zero-order chi connectivity index (χ0) is 15.9. The molecule has 0 radical (unpaired) electrons. The molecule has 5 nitrogen and oxygen atoms in total. The first kappa shape index (κ1) is 15.1. The molecular weight excluding hydrogens is 284 g/mol. The van der Waals surface area contributed by atoms with E-state index < -0.39 is 46.1 Å². The summed E-state index contributed by atoms with van der Waals surface area (Å²) in [6.45, 7) is 3.45. The molecule has 0 atom stereocenters. The third-order valence-corrected chi connectivity index (χ3v) is 3.27. The Balaban J connectivity index is 2.51. The number of carboxylic acid groups (broad SMARTS) is 1. The molecule has 1 fully saturated rings. The number of carboxylic acids is 1. The molecule has 0 saturated carbocycles. The van der Waals surface area contributed by atoms with Crippen LogP contribution in [0.4, 0.5) is 14.5 Å². The van der Waals surface area contributed by atoms with E-state index in [0.29, 0.717) is 17.0 Å². The number of amides is 2. The lowest BCUT2D eigenvalue weighted by atomic mass is 9.81. The molecule has 1 aliphatic heterocycles. The topological polar surface area (TPSA) is 74.7 Å². The zero-order valence-corrected chi connectivity index (χ0v) is 11.4. The van der Waals surface area contributed by atoms with Crippen molar-refractivity contribution in [1.29, 1.82) is 0 Å². The van der Waals surface area contributed by atoms with Crippen LogP contribution in [-0.2, 0) is 9.59 Å². The summed E-state index contributed by atoms with van der Waals surface area (Å²) < 4.78 is 27.2. The van der Waals surface area contributed by atoms with Gasteiger partial charge in [0.1, 0.15) is 11.6 Å². The molecule has 2 rings (SSSR count). The van der Waals surface area contributed by atoms with Crippen LogP contribution in [0.25, 0.3) is 0 Å². The summed E-state index contributed by atoms with van der Waals surface area (Å²) in [7, 11) is 0. The van der Waals surface area contributed by atoms with Crippen molar-refractivity contribution in [2.75, 3.05) is 4.90 Å². The van der Waals surface area contributed by atoms with Crippen molar-refractivity contribution in [3.05, 3.63) is 29.3 Å². The molecular formula is C14H13F2NO4. The Kier molecular flexibility index (Phi) is 3.52. The molecule has 0 bridgehead atoms. The van der Waals surface area contributed by atoms with Gasteiger partial charge in [-0.1, -0.05) is 13.8 Å². The number of carbonyl (C=O) groups excluding carboxylic acids is 2.